The van der Waals surface area contributed by atoms with E-state index in [0.717, 1.165) is 17.0 Å². The largest absolute Gasteiger partial charge is 0.269 e. The van der Waals surface area contributed by atoms with Crippen LogP contribution in [0.25, 0.3) is 0 Å². The Labute approximate surface area is 278 Å². The molecule has 0 aliphatic heterocycles. The summed E-state index contributed by atoms with van der Waals surface area (Å²) in [5.74, 6) is -5.32. The SMILES string of the molecule is O=C(c1ccccc1)N(C(=O)c1ccccc1F)c1ccccn1.O=C(c1ccccc1F)N(C(=O)c1ccccc1F)c1ccccn1. The maximum Gasteiger partial charge on any atom is 0.269 e. The van der Waals surface area contributed by atoms with Gasteiger partial charge < -0.3 is 0 Å². The van der Waals surface area contributed by atoms with Crippen LogP contribution in [0.2, 0.25) is 0 Å². The molecule has 0 fully saturated rings. The number of hydrogen-bond donors (Lipinski definition) is 0. The number of nitrogens with zero attached hydrogens (tertiary/aromatic N) is 4. The maximum atomic E-state index is 14.0. The van der Waals surface area contributed by atoms with Gasteiger partial charge in [0.2, 0.25) is 0 Å². The first-order valence-corrected chi connectivity index (χ1v) is 14.7. The monoisotopic (exact) mass is 658 g/mol. The molecule has 0 radical (unpaired) electrons. The maximum absolute atomic E-state index is 14.0. The van der Waals surface area contributed by atoms with Crippen LogP contribution >= 0.6 is 0 Å². The minimum absolute atomic E-state index is 0.0241. The number of pyridine rings is 2. The minimum atomic E-state index is -0.926. The number of benzene rings is 4. The summed E-state index contributed by atoms with van der Waals surface area (Å²) in [5, 5.41) is 0. The Bertz CT molecular complexity index is 2040. The number of aromatic nitrogens is 2. The van der Waals surface area contributed by atoms with Crippen LogP contribution in [0, 0.1) is 17.5 Å². The summed E-state index contributed by atoms with van der Waals surface area (Å²) >= 11 is 0. The van der Waals surface area contributed by atoms with E-state index in [4.69, 9.17) is 0 Å². The highest BCUT2D eigenvalue weighted by Gasteiger charge is 2.30. The van der Waals surface area contributed by atoms with E-state index in [1.165, 1.54) is 79.1 Å². The highest BCUT2D eigenvalue weighted by Crippen LogP contribution is 2.22. The molecule has 11 heteroatoms. The standard InChI is InChI=1S/C19H12F2N2O2.C19H13FN2O2/c20-15-9-3-1-7-13(15)18(24)23(17-11-5-6-12-22-17)19(25)14-8-2-4-10-16(14)21;20-16-11-5-4-10-15(16)19(24)22(17-12-6-7-13-21-17)18(23)14-8-2-1-3-9-14/h1-12H;1-13H. The Morgan fingerprint density at radius 2 is 0.714 bits per heavy atom. The van der Waals surface area contributed by atoms with Crippen molar-refractivity contribution < 1.29 is 32.3 Å². The summed E-state index contributed by atoms with van der Waals surface area (Å²) < 4.78 is 42.0. The van der Waals surface area contributed by atoms with Crippen molar-refractivity contribution in [2.24, 2.45) is 0 Å². The Hall–Kier alpha value is -6.75. The third kappa shape index (κ3) is 7.80. The van der Waals surface area contributed by atoms with E-state index in [2.05, 4.69) is 9.97 Å². The molecule has 0 saturated heterocycles. The summed E-state index contributed by atoms with van der Waals surface area (Å²) in [6, 6.07) is 33.8. The molecule has 6 rings (SSSR count). The van der Waals surface area contributed by atoms with Gasteiger partial charge in [-0.2, -0.15) is 0 Å². The van der Waals surface area contributed by atoms with Gasteiger partial charge in [-0.25, -0.2) is 32.9 Å². The van der Waals surface area contributed by atoms with Gasteiger partial charge in [0.05, 0.1) is 16.7 Å². The van der Waals surface area contributed by atoms with Gasteiger partial charge in [-0.1, -0.05) is 66.7 Å². The van der Waals surface area contributed by atoms with E-state index in [1.54, 1.807) is 60.7 Å². The smallest absolute Gasteiger partial charge is 0.268 e. The molecule has 6 aromatic rings. The van der Waals surface area contributed by atoms with Crippen molar-refractivity contribution in [3.8, 4) is 0 Å². The van der Waals surface area contributed by atoms with Crippen LogP contribution < -0.4 is 9.80 Å². The zero-order valence-electron chi connectivity index (χ0n) is 25.5. The van der Waals surface area contributed by atoms with Crippen LogP contribution in [0.1, 0.15) is 41.4 Å². The number of carbonyl (C=O) groups excluding carboxylic acids is 4. The van der Waals surface area contributed by atoms with Crippen LogP contribution in [0.5, 0.6) is 0 Å². The normalized spacial score (nSPS) is 10.3. The molecule has 0 aliphatic carbocycles. The summed E-state index contributed by atoms with van der Waals surface area (Å²) in [6.45, 7) is 0. The predicted molar refractivity (Wildman–Crippen MR) is 176 cm³/mol. The third-order valence-corrected chi connectivity index (χ3v) is 6.90. The van der Waals surface area contributed by atoms with E-state index in [1.807, 2.05) is 0 Å². The van der Waals surface area contributed by atoms with E-state index in [-0.39, 0.29) is 28.3 Å². The number of halogens is 3. The zero-order chi connectivity index (χ0) is 34.8. The van der Waals surface area contributed by atoms with Crippen LogP contribution in [-0.4, -0.2) is 33.6 Å². The Kier molecular flexibility index (Phi) is 10.8. The number of rotatable bonds is 6. The first-order chi connectivity index (χ1) is 23.8. The third-order valence-electron chi connectivity index (χ3n) is 6.90. The van der Waals surface area contributed by atoms with E-state index in [0.29, 0.717) is 10.5 Å². The van der Waals surface area contributed by atoms with Crippen molar-refractivity contribution in [2.45, 2.75) is 0 Å². The van der Waals surface area contributed by atoms with Gasteiger partial charge in [-0.05, 0) is 72.8 Å². The molecule has 242 valence electrons. The topological polar surface area (TPSA) is 101 Å². The van der Waals surface area contributed by atoms with Crippen LogP contribution in [-0.2, 0) is 0 Å². The lowest BCUT2D eigenvalue weighted by Gasteiger charge is -2.20. The van der Waals surface area contributed by atoms with Gasteiger partial charge in [0, 0.05) is 18.0 Å². The Morgan fingerprint density at radius 3 is 1.06 bits per heavy atom. The van der Waals surface area contributed by atoms with Crippen molar-refractivity contribution in [2.75, 3.05) is 9.80 Å². The predicted octanol–water partition coefficient (Wildman–Crippen LogP) is 7.55. The summed E-state index contributed by atoms with van der Waals surface area (Å²) in [5.41, 5.74) is -0.490. The van der Waals surface area contributed by atoms with E-state index < -0.39 is 41.1 Å². The second-order valence-corrected chi connectivity index (χ2v) is 10.1. The average Bonchev–Trinajstić information content (AvgIpc) is 3.14. The highest BCUT2D eigenvalue weighted by atomic mass is 19.1. The number of carbonyl (C=O) groups is 4. The van der Waals surface area contributed by atoms with Crippen molar-refractivity contribution >= 4 is 35.3 Å². The minimum Gasteiger partial charge on any atom is -0.268 e. The molecule has 0 unspecified atom stereocenters. The lowest BCUT2D eigenvalue weighted by Crippen LogP contribution is -2.38. The second-order valence-electron chi connectivity index (χ2n) is 10.1. The fourth-order valence-corrected chi connectivity index (χ4v) is 4.55. The number of anilines is 2. The lowest BCUT2D eigenvalue weighted by molar-refractivity contribution is 0.0877. The molecule has 4 aromatic carbocycles. The van der Waals surface area contributed by atoms with E-state index >= 15 is 0 Å². The Morgan fingerprint density at radius 1 is 0.388 bits per heavy atom. The molecular formula is C38H25F3N4O4. The molecule has 0 saturated carbocycles. The molecule has 2 aromatic heterocycles. The number of hydrogen-bond acceptors (Lipinski definition) is 6. The highest BCUT2D eigenvalue weighted by molar-refractivity contribution is 6.26. The van der Waals surface area contributed by atoms with Gasteiger partial charge in [0.1, 0.15) is 29.1 Å². The van der Waals surface area contributed by atoms with Crippen molar-refractivity contribution in [1.82, 2.24) is 9.97 Å². The first kappa shape index (κ1) is 33.6. The zero-order valence-corrected chi connectivity index (χ0v) is 25.5. The van der Waals surface area contributed by atoms with Gasteiger partial charge in [0.15, 0.2) is 0 Å². The molecule has 0 bridgehead atoms. The van der Waals surface area contributed by atoms with Crippen molar-refractivity contribution in [3.05, 3.63) is 192 Å². The molecule has 49 heavy (non-hydrogen) atoms. The molecule has 0 atom stereocenters. The number of imide groups is 2. The first-order valence-electron chi connectivity index (χ1n) is 14.7. The molecule has 0 spiro atoms. The van der Waals surface area contributed by atoms with Gasteiger partial charge in [-0.3, -0.25) is 19.2 Å². The summed E-state index contributed by atoms with van der Waals surface area (Å²) in [4.78, 5) is 60.8. The van der Waals surface area contributed by atoms with Crippen molar-refractivity contribution in [1.29, 1.82) is 0 Å². The molecule has 0 aliphatic rings. The van der Waals surface area contributed by atoms with Crippen LogP contribution in [0.4, 0.5) is 24.8 Å². The van der Waals surface area contributed by atoms with Crippen LogP contribution in [0.15, 0.2) is 152 Å². The quantitative estimate of drug-likeness (QED) is 0.171. The van der Waals surface area contributed by atoms with Gasteiger partial charge in [-0.15, -0.1) is 0 Å². The van der Waals surface area contributed by atoms with Gasteiger partial charge in [0.25, 0.3) is 23.6 Å². The van der Waals surface area contributed by atoms with Crippen molar-refractivity contribution in [3.63, 3.8) is 0 Å². The molecular weight excluding hydrogens is 633 g/mol. The second kappa shape index (κ2) is 15.7. The van der Waals surface area contributed by atoms with Gasteiger partial charge >= 0.3 is 0 Å². The van der Waals surface area contributed by atoms with Crippen LogP contribution in [0.3, 0.4) is 0 Å². The summed E-state index contributed by atoms with van der Waals surface area (Å²) in [6.07, 6.45) is 2.85. The summed E-state index contributed by atoms with van der Waals surface area (Å²) in [7, 11) is 0. The lowest BCUT2D eigenvalue weighted by atomic mass is 10.1. The fourth-order valence-electron chi connectivity index (χ4n) is 4.55. The molecule has 8 nitrogen and oxygen atoms in total. The molecule has 4 amide bonds. The molecule has 0 N–H and O–H groups in total. The fraction of sp³-hybridized carbons (Fsp3) is 0. The Balaban J connectivity index is 0.000000191. The number of amides is 4. The average molecular weight is 659 g/mol. The molecule has 2 heterocycles. The van der Waals surface area contributed by atoms with E-state index in [9.17, 15) is 32.3 Å².